The molecule has 1 saturated heterocycles. The Morgan fingerprint density at radius 1 is 1.11 bits per heavy atom. The van der Waals surface area contributed by atoms with Gasteiger partial charge in [-0.3, -0.25) is 0 Å². The summed E-state index contributed by atoms with van der Waals surface area (Å²) in [5.74, 6) is 2.99. The van der Waals surface area contributed by atoms with Gasteiger partial charge in [0.05, 0.1) is 0 Å². The maximum Gasteiger partial charge on any atom is 0.230 e. The van der Waals surface area contributed by atoms with Crippen molar-refractivity contribution in [2.24, 2.45) is 11.7 Å². The highest BCUT2D eigenvalue weighted by Crippen LogP contribution is 2.37. The van der Waals surface area contributed by atoms with Gasteiger partial charge in [0.25, 0.3) is 0 Å². The van der Waals surface area contributed by atoms with Gasteiger partial charge >= 0.3 is 0 Å². The van der Waals surface area contributed by atoms with Crippen molar-refractivity contribution in [1.82, 2.24) is 10.1 Å². The molecule has 0 aromatic carbocycles. The van der Waals surface area contributed by atoms with Gasteiger partial charge in [0.1, 0.15) is 0 Å². The molecular formula is C14H23N3O2. The molecule has 1 aromatic rings. The summed E-state index contributed by atoms with van der Waals surface area (Å²) in [6.45, 7) is 2.34. The van der Waals surface area contributed by atoms with Crippen LogP contribution < -0.4 is 5.73 Å². The Morgan fingerprint density at radius 3 is 2.68 bits per heavy atom. The van der Waals surface area contributed by atoms with E-state index in [1.165, 1.54) is 19.3 Å². The van der Waals surface area contributed by atoms with Crippen LogP contribution in [-0.4, -0.2) is 29.9 Å². The van der Waals surface area contributed by atoms with E-state index in [0.29, 0.717) is 17.8 Å². The predicted molar refractivity (Wildman–Crippen MR) is 70.8 cm³/mol. The number of hydrogen-bond donors (Lipinski definition) is 1. The molecule has 1 aliphatic carbocycles. The number of aromatic nitrogens is 2. The summed E-state index contributed by atoms with van der Waals surface area (Å²) in [7, 11) is 0. The second-order valence-electron chi connectivity index (χ2n) is 5.76. The molecule has 5 heteroatoms. The Bertz CT molecular complexity index is 401. The largest absolute Gasteiger partial charge is 0.381 e. The van der Waals surface area contributed by atoms with Crippen LogP contribution in [0.1, 0.15) is 62.1 Å². The third-order valence-electron chi connectivity index (χ3n) is 4.57. The van der Waals surface area contributed by atoms with Crippen LogP contribution >= 0.6 is 0 Å². The van der Waals surface area contributed by atoms with E-state index in [4.69, 9.17) is 15.0 Å². The second-order valence-corrected chi connectivity index (χ2v) is 5.76. The molecule has 0 amide bonds. The number of rotatable bonds is 3. The maximum absolute atomic E-state index is 5.87. The molecule has 2 heterocycles. The smallest absolute Gasteiger partial charge is 0.230 e. The van der Waals surface area contributed by atoms with E-state index < -0.39 is 0 Å². The summed E-state index contributed by atoms with van der Waals surface area (Å²) in [5.41, 5.74) is 5.87. The first-order valence-corrected chi connectivity index (χ1v) is 7.50. The minimum absolute atomic E-state index is 0.375. The van der Waals surface area contributed by atoms with Crippen molar-refractivity contribution in [3.05, 3.63) is 11.7 Å². The molecular weight excluding hydrogens is 242 g/mol. The second kappa shape index (κ2) is 6.01. The van der Waals surface area contributed by atoms with Gasteiger partial charge in [-0.05, 0) is 38.1 Å². The van der Waals surface area contributed by atoms with Crippen molar-refractivity contribution in [3.63, 3.8) is 0 Å². The Hall–Kier alpha value is -0.940. The highest BCUT2D eigenvalue weighted by atomic mass is 16.5. The van der Waals surface area contributed by atoms with Crippen LogP contribution in [0.4, 0.5) is 0 Å². The molecule has 0 spiro atoms. The van der Waals surface area contributed by atoms with Gasteiger partial charge in [-0.1, -0.05) is 18.0 Å². The first-order valence-electron chi connectivity index (χ1n) is 7.50. The molecule has 2 fully saturated rings. The lowest BCUT2D eigenvalue weighted by Gasteiger charge is -2.27. The number of nitrogens with two attached hydrogens (primary N) is 1. The van der Waals surface area contributed by atoms with Crippen molar-refractivity contribution < 1.29 is 9.26 Å². The highest BCUT2D eigenvalue weighted by Gasteiger charge is 2.31. The van der Waals surface area contributed by atoms with Gasteiger partial charge in [0.15, 0.2) is 5.82 Å². The van der Waals surface area contributed by atoms with Gasteiger partial charge < -0.3 is 15.0 Å². The lowest BCUT2D eigenvalue weighted by Crippen LogP contribution is -2.25. The molecule has 0 radical (unpaired) electrons. The van der Waals surface area contributed by atoms with E-state index >= 15 is 0 Å². The van der Waals surface area contributed by atoms with Crippen LogP contribution in [0.25, 0.3) is 0 Å². The Labute approximate surface area is 113 Å². The summed E-state index contributed by atoms with van der Waals surface area (Å²) in [4.78, 5) is 4.67. The molecule has 2 N–H and O–H groups in total. The van der Waals surface area contributed by atoms with Crippen LogP contribution in [0.2, 0.25) is 0 Å². The topological polar surface area (TPSA) is 74.2 Å². The van der Waals surface area contributed by atoms with Gasteiger partial charge in [0.2, 0.25) is 5.89 Å². The van der Waals surface area contributed by atoms with Crippen molar-refractivity contribution in [1.29, 1.82) is 0 Å². The Morgan fingerprint density at radius 2 is 1.89 bits per heavy atom. The zero-order valence-electron chi connectivity index (χ0n) is 11.4. The quantitative estimate of drug-likeness (QED) is 0.906. The lowest BCUT2D eigenvalue weighted by atomic mass is 9.79. The van der Waals surface area contributed by atoms with Crippen LogP contribution in [0.5, 0.6) is 0 Å². The number of hydrogen-bond acceptors (Lipinski definition) is 5. The van der Waals surface area contributed by atoms with E-state index in [0.717, 1.165) is 50.7 Å². The monoisotopic (exact) mass is 265 g/mol. The molecule has 1 saturated carbocycles. The first kappa shape index (κ1) is 13.1. The fourth-order valence-corrected chi connectivity index (χ4v) is 3.33. The number of nitrogens with zero attached hydrogens (tertiary/aromatic N) is 2. The fraction of sp³-hybridized carbons (Fsp3) is 0.857. The Balaban J connectivity index is 1.72. The van der Waals surface area contributed by atoms with Crippen molar-refractivity contribution >= 4 is 0 Å². The molecule has 0 bridgehead atoms. The van der Waals surface area contributed by atoms with Crippen LogP contribution in [0, 0.1) is 5.92 Å². The average Bonchev–Trinajstić information content (AvgIpc) is 2.98. The predicted octanol–water partition coefficient (Wildman–Crippen LogP) is 2.20. The summed E-state index contributed by atoms with van der Waals surface area (Å²) in [6.07, 6.45) is 6.86. The normalized spacial score (nSPS) is 29.5. The zero-order valence-corrected chi connectivity index (χ0v) is 11.4. The molecule has 2 atom stereocenters. The van der Waals surface area contributed by atoms with E-state index in [2.05, 4.69) is 10.1 Å². The standard InChI is InChI=1S/C14H23N3O2/c15-9-11-3-1-2-4-12(11)14-16-13(17-19-14)10-5-7-18-8-6-10/h10-12H,1-9,15H2. The molecule has 19 heavy (non-hydrogen) atoms. The maximum atomic E-state index is 5.87. The van der Waals surface area contributed by atoms with E-state index in [1.54, 1.807) is 0 Å². The highest BCUT2D eigenvalue weighted by molar-refractivity contribution is 5.02. The minimum Gasteiger partial charge on any atom is -0.381 e. The molecule has 1 aromatic heterocycles. The fourth-order valence-electron chi connectivity index (χ4n) is 3.33. The summed E-state index contributed by atoms with van der Waals surface area (Å²) in [5, 5.41) is 4.20. The van der Waals surface area contributed by atoms with Crippen molar-refractivity contribution in [2.45, 2.75) is 50.4 Å². The van der Waals surface area contributed by atoms with Crippen LogP contribution in [-0.2, 0) is 4.74 Å². The third kappa shape index (κ3) is 2.82. The SMILES string of the molecule is NCC1CCCCC1c1nc(C2CCOCC2)no1. The van der Waals surface area contributed by atoms with E-state index in [-0.39, 0.29) is 0 Å². The Kier molecular flexibility index (Phi) is 4.13. The van der Waals surface area contributed by atoms with E-state index in [9.17, 15) is 0 Å². The van der Waals surface area contributed by atoms with Crippen molar-refractivity contribution in [3.8, 4) is 0 Å². The van der Waals surface area contributed by atoms with Crippen LogP contribution in [0.3, 0.4) is 0 Å². The molecule has 2 unspecified atom stereocenters. The molecule has 106 valence electrons. The molecule has 5 nitrogen and oxygen atoms in total. The molecule has 2 aliphatic rings. The van der Waals surface area contributed by atoms with Gasteiger partial charge in [-0.2, -0.15) is 4.98 Å². The van der Waals surface area contributed by atoms with Crippen molar-refractivity contribution in [2.75, 3.05) is 19.8 Å². The van der Waals surface area contributed by atoms with Gasteiger partial charge in [-0.25, -0.2) is 0 Å². The molecule has 3 rings (SSSR count). The van der Waals surface area contributed by atoms with Crippen LogP contribution in [0.15, 0.2) is 4.52 Å². The van der Waals surface area contributed by atoms with Gasteiger partial charge in [-0.15, -0.1) is 0 Å². The average molecular weight is 265 g/mol. The summed E-state index contributed by atoms with van der Waals surface area (Å²) >= 11 is 0. The molecule has 1 aliphatic heterocycles. The van der Waals surface area contributed by atoms with E-state index in [1.807, 2.05) is 0 Å². The summed E-state index contributed by atoms with van der Waals surface area (Å²) in [6, 6.07) is 0. The summed E-state index contributed by atoms with van der Waals surface area (Å²) < 4.78 is 10.9. The third-order valence-corrected chi connectivity index (χ3v) is 4.57. The lowest BCUT2D eigenvalue weighted by molar-refractivity contribution is 0.0830. The number of ether oxygens (including phenoxy) is 1. The minimum atomic E-state index is 0.375. The van der Waals surface area contributed by atoms with Gasteiger partial charge in [0, 0.05) is 25.0 Å². The zero-order chi connectivity index (χ0) is 13.1. The first-order chi connectivity index (χ1) is 9.38.